The van der Waals surface area contributed by atoms with Gasteiger partial charge in [-0.3, -0.25) is 4.79 Å². The van der Waals surface area contributed by atoms with Crippen LogP contribution in [-0.4, -0.2) is 44.4 Å². The van der Waals surface area contributed by atoms with E-state index in [1.54, 1.807) is 0 Å². The van der Waals surface area contributed by atoms with Crippen LogP contribution in [0.3, 0.4) is 0 Å². The summed E-state index contributed by atoms with van der Waals surface area (Å²) in [6.45, 7) is 6.01. The molecule has 0 radical (unpaired) electrons. The molecule has 2 aliphatic rings. The Bertz CT molecular complexity index is 628. The zero-order valence-corrected chi connectivity index (χ0v) is 15.9. The fourth-order valence-corrected chi connectivity index (χ4v) is 4.37. The molecule has 0 aromatic heterocycles. The van der Waals surface area contributed by atoms with Crippen molar-refractivity contribution in [3.63, 3.8) is 0 Å². The van der Waals surface area contributed by atoms with E-state index in [0.717, 1.165) is 31.1 Å². The lowest BCUT2D eigenvalue weighted by Gasteiger charge is -2.29. The Labute approximate surface area is 149 Å². The third-order valence-corrected chi connectivity index (χ3v) is 5.80. The number of hydrogen-bond acceptors (Lipinski definition) is 5. The molecule has 1 aliphatic carbocycles. The van der Waals surface area contributed by atoms with Crippen molar-refractivity contribution in [1.29, 1.82) is 0 Å². The van der Waals surface area contributed by atoms with Crippen LogP contribution in [0.25, 0.3) is 0 Å². The predicted octanol–water partition coefficient (Wildman–Crippen LogP) is 1.74. The number of sulfone groups is 1. The first-order valence-electron chi connectivity index (χ1n) is 8.72. The van der Waals surface area contributed by atoms with Crippen LogP contribution in [0.2, 0.25) is 0 Å². The summed E-state index contributed by atoms with van der Waals surface area (Å²) in [6.07, 6.45) is 4.32. The summed E-state index contributed by atoms with van der Waals surface area (Å²) >= 11 is 0. The number of carbonyl (C=O) groups is 2. The molecule has 2 rings (SSSR count). The molecule has 2 N–H and O–H groups in total. The normalized spacial score (nSPS) is 28.4. The molecule has 25 heavy (non-hydrogen) atoms. The van der Waals surface area contributed by atoms with Gasteiger partial charge in [-0.05, 0) is 58.4 Å². The molecule has 1 aliphatic heterocycles. The molecule has 0 bridgehead atoms. The Morgan fingerprint density at radius 3 is 2.32 bits per heavy atom. The smallest absolute Gasteiger partial charge is 0.407 e. The molecule has 0 aromatic carbocycles. The van der Waals surface area contributed by atoms with Gasteiger partial charge in [-0.25, -0.2) is 13.2 Å². The highest BCUT2D eigenvalue weighted by Gasteiger charge is 2.30. The quantitative estimate of drug-likeness (QED) is 0.783. The van der Waals surface area contributed by atoms with Crippen LogP contribution in [0.15, 0.2) is 11.5 Å². The van der Waals surface area contributed by atoms with Crippen molar-refractivity contribution in [1.82, 2.24) is 10.6 Å². The van der Waals surface area contributed by atoms with Gasteiger partial charge in [0.2, 0.25) is 5.91 Å². The van der Waals surface area contributed by atoms with Crippen LogP contribution in [0, 0.1) is 11.8 Å². The molecule has 142 valence electrons. The first-order valence-corrected chi connectivity index (χ1v) is 10.4. The van der Waals surface area contributed by atoms with Gasteiger partial charge in [0.15, 0.2) is 9.84 Å². The summed E-state index contributed by atoms with van der Waals surface area (Å²) in [5.74, 6) is 0.122. The Hall–Kier alpha value is -1.57. The largest absolute Gasteiger partial charge is 0.444 e. The third-order valence-electron chi connectivity index (χ3n) is 4.41. The minimum absolute atomic E-state index is 0.0477. The van der Waals surface area contributed by atoms with E-state index in [1.807, 2.05) is 20.8 Å². The van der Waals surface area contributed by atoms with E-state index >= 15 is 0 Å². The molecule has 0 aromatic rings. The first-order chi connectivity index (χ1) is 11.5. The van der Waals surface area contributed by atoms with E-state index in [1.165, 1.54) is 6.08 Å². The number of rotatable bonds is 4. The van der Waals surface area contributed by atoms with Gasteiger partial charge in [0.1, 0.15) is 5.60 Å². The molecule has 8 heteroatoms. The topological polar surface area (TPSA) is 102 Å². The summed E-state index contributed by atoms with van der Waals surface area (Å²) in [6, 6.07) is -0.413. The molecule has 1 fully saturated rings. The number of carbonyl (C=O) groups excluding carboxylic acids is 2. The van der Waals surface area contributed by atoms with Gasteiger partial charge in [-0.2, -0.15) is 0 Å². The maximum atomic E-state index is 12.3. The van der Waals surface area contributed by atoms with Crippen molar-refractivity contribution in [2.75, 3.05) is 12.3 Å². The maximum Gasteiger partial charge on any atom is 0.407 e. The monoisotopic (exact) mass is 372 g/mol. The minimum atomic E-state index is -3.16. The summed E-state index contributed by atoms with van der Waals surface area (Å²) < 4.78 is 28.0. The average Bonchev–Trinajstić information content (AvgIpc) is 2.83. The molecule has 1 saturated carbocycles. The number of amides is 2. The third kappa shape index (κ3) is 6.68. The van der Waals surface area contributed by atoms with Crippen LogP contribution >= 0.6 is 0 Å². The zero-order valence-electron chi connectivity index (χ0n) is 15.1. The lowest BCUT2D eigenvalue weighted by molar-refractivity contribution is -0.126. The van der Waals surface area contributed by atoms with Crippen molar-refractivity contribution in [2.24, 2.45) is 11.8 Å². The fourth-order valence-electron chi connectivity index (χ4n) is 3.14. The Morgan fingerprint density at radius 2 is 1.80 bits per heavy atom. The molecule has 0 spiro atoms. The second kappa shape index (κ2) is 7.76. The van der Waals surface area contributed by atoms with Crippen molar-refractivity contribution >= 4 is 21.8 Å². The van der Waals surface area contributed by atoms with Crippen LogP contribution in [0.4, 0.5) is 4.79 Å². The van der Waals surface area contributed by atoms with Crippen LogP contribution in [-0.2, 0) is 19.4 Å². The SMILES string of the molecule is CC(C)(C)OC(=O)NCC1CCC(C(=O)N[C@@H]2C=CS(=O)(=O)C2)CC1. The van der Waals surface area contributed by atoms with E-state index in [-0.39, 0.29) is 17.6 Å². The molecule has 0 saturated heterocycles. The van der Waals surface area contributed by atoms with Gasteiger partial charge < -0.3 is 15.4 Å². The lowest BCUT2D eigenvalue weighted by Crippen LogP contribution is -2.41. The minimum Gasteiger partial charge on any atom is -0.444 e. The highest BCUT2D eigenvalue weighted by atomic mass is 32.2. The molecule has 1 heterocycles. The number of alkyl carbamates (subject to hydrolysis) is 1. The maximum absolute atomic E-state index is 12.3. The van der Waals surface area contributed by atoms with Crippen molar-refractivity contribution < 1.29 is 22.7 Å². The average molecular weight is 372 g/mol. The standard InChI is InChI=1S/C17H28N2O5S/c1-17(2,3)24-16(21)18-10-12-4-6-13(7-5-12)15(20)19-14-8-9-25(22,23)11-14/h8-9,12-14H,4-7,10-11H2,1-3H3,(H,18,21)(H,19,20)/t12?,13?,14-/m1/s1. The lowest BCUT2D eigenvalue weighted by atomic mass is 9.81. The zero-order chi connectivity index (χ0) is 18.7. The summed E-state index contributed by atoms with van der Waals surface area (Å²) in [5, 5.41) is 6.75. The van der Waals surface area contributed by atoms with Crippen LogP contribution in [0.1, 0.15) is 46.5 Å². The van der Waals surface area contributed by atoms with Crippen LogP contribution < -0.4 is 10.6 Å². The predicted molar refractivity (Wildman–Crippen MR) is 94.5 cm³/mol. The summed E-state index contributed by atoms with van der Waals surface area (Å²) in [4.78, 5) is 23.9. The van der Waals surface area contributed by atoms with Gasteiger partial charge in [-0.15, -0.1) is 0 Å². The van der Waals surface area contributed by atoms with Crippen molar-refractivity contribution in [3.8, 4) is 0 Å². The van der Waals surface area contributed by atoms with Gasteiger partial charge >= 0.3 is 6.09 Å². The van der Waals surface area contributed by atoms with E-state index in [9.17, 15) is 18.0 Å². The second-order valence-electron chi connectivity index (χ2n) is 7.87. The Morgan fingerprint density at radius 1 is 1.16 bits per heavy atom. The molecular weight excluding hydrogens is 344 g/mol. The molecule has 7 nitrogen and oxygen atoms in total. The van der Waals surface area contributed by atoms with Gasteiger partial charge in [0.25, 0.3) is 0 Å². The van der Waals surface area contributed by atoms with E-state index in [4.69, 9.17) is 4.74 Å². The van der Waals surface area contributed by atoms with E-state index in [0.29, 0.717) is 12.5 Å². The second-order valence-corrected chi connectivity index (χ2v) is 9.80. The number of nitrogens with one attached hydrogen (secondary N) is 2. The summed E-state index contributed by atoms with van der Waals surface area (Å²) in [7, 11) is -3.16. The van der Waals surface area contributed by atoms with Gasteiger partial charge in [0.05, 0.1) is 11.8 Å². The molecule has 2 amide bonds. The fraction of sp³-hybridized carbons (Fsp3) is 0.765. The van der Waals surface area contributed by atoms with Gasteiger partial charge in [0, 0.05) is 17.9 Å². The Balaban J connectivity index is 1.68. The molecule has 0 unspecified atom stereocenters. The summed E-state index contributed by atoms with van der Waals surface area (Å²) in [5.41, 5.74) is -0.512. The molecular formula is C17H28N2O5S. The number of ether oxygens (including phenoxy) is 1. The van der Waals surface area contributed by atoms with Crippen molar-refractivity contribution in [2.45, 2.75) is 58.1 Å². The van der Waals surface area contributed by atoms with E-state index < -0.39 is 27.6 Å². The van der Waals surface area contributed by atoms with Gasteiger partial charge in [-0.1, -0.05) is 0 Å². The first kappa shape index (κ1) is 19.8. The molecule has 1 atom stereocenters. The van der Waals surface area contributed by atoms with Crippen LogP contribution in [0.5, 0.6) is 0 Å². The highest BCUT2D eigenvalue weighted by molar-refractivity contribution is 7.94. The highest BCUT2D eigenvalue weighted by Crippen LogP contribution is 2.29. The van der Waals surface area contributed by atoms with E-state index in [2.05, 4.69) is 10.6 Å². The van der Waals surface area contributed by atoms with Crippen molar-refractivity contribution in [3.05, 3.63) is 11.5 Å². The Kier molecular flexibility index (Phi) is 6.13. The number of hydrogen-bond donors (Lipinski definition) is 2.